The summed E-state index contributed by atoms with van der Waals surface area (Å²) in [6, 6.07) is 7.17. The molecule has 1 rings (SSSR count). The van der Waals surface area contributed by atoms with Gasteiger partial charge in [-0.1, -0.05) is 77.3 Å². The molecule has 0 saturated carbocycles. The van der Waals surface area contributed by atoms with Crippen molar-refractivity contribution >= 4 is 16.0 Å². The highest BCUT2D eigenvalue weighted by molar-refractivity contribution is 7.87. The first kappa shape index (κ1) is 27.5. The van der Waals surface area contributed by atoms with Gasteiger partial charge in [-0.05, 0) is 44.4 Å². The van der Waals surface area contributed by atoms with E-state index in [1.54, 1.807) is 25.1 Å². The van der Waals surface area contributed by atoms with E-state index in [0.717, 1.165) is 24.8 Å². The lowest BCUT2D eigenvalue weighted by molar-refractivity contribution is -0.134. The van der Waals surface area contributed by atoms with E-state index >= 15 is 0 Å². The van der Waals surface area contributed by atoms with Crippen molar-refractivity contribution in [2.75, 3.05) is 5.75 Å². The van der Waals surface area contributed by atoms with Gasteiger partial charge in [-0.15, -0.1) is 0 Å². The monoisotopic (exact) mass is 453 g/mol. The van der Waals surface area contributed by atoms with Gasteiger partial charge in [0.2, 0.25) is 5.91 Å². The second kappa shape index (κ2) is 15.3. The largest absolute Gasteiger partial charge is 0.382 e. The van der Waals surface area contributed by atoms with Crippen LogP contribution in [-0.2, 0) is 21.5 Å². The van der Waals surface area contributed by atoms with Gasteiger partial charge in [0.05, 0.1) is 5.75 Å². The van der Waals surface area contributed by atoms with Gasteiger partial charge < -0.3 is 9.08 Å². The van der Waals surface area contributed by atoms with Gasteiger partial charge in [0.25, 0.3) is 0 Å². The van der Waals surface area contributed by atoms with Crippen LogP contribution in [0.4, 0.5) is 0 Å². The van der Waals surface area contributed by atoms with Crippen molar-refractivity contribution in [2.24, 2.45) is 0 Å². The molecule has 1 atom stereocenters. The van der Waals surface area contributed by atoms with E-state index in [2.05, 4.69) is 20.8 Å². The molecule has 0 unspecified atom stereocenters. The zero-order valence-electron chi connectivity index (χ0n) is 20.1. The van der Waals surface area contributed by atoms with E-state index in [1.165, 1.54) is 44.9 Å². The molecule has 0 radical (unpaired) electrons. The molecule has 1 aromatic rings. The maximum atomic E-state index is 12.9. The number of amides is 1. The predicted octanol–water partition coefficient (Wildman–Crippen LogP) is 6.46. The van der Waals surface area contributed by atoms with Gasteiger partial charge in [0, 0.05) is 19.0 Å². The summed E-state index contributed by atoms with van der Waals surface area (Å²) >= 11 is 0. The highest BCUT2D eigenvalue weighted by atomic mass is 32.2. The Morgan fingerprint density at radius 3 is 2.16 bits per heavy atom. The molecule has 0 saturated heterocycles. The number of nitrogens with zero attached hydrogens (tertiary/aromatic N) is 1. The number of hydrogen-bond acceptors (Lipinski definition) is 4. The zero-order chi connectivity index (χ0) is 23.1. The summed E-state index contributed by atoms with van der Waals surface area (Å²) in [7, 11) is -3.56. The topological polar surface area (TPSA) is 63.7 Å². The van der Waals surface area contributed by atoms with Gasteiger partial charge in [-0.3, -0.25) is 4.79 Å². The Bertz CT molecular complexity index is 733. The van der Waals surface area contributed by atoms with Crippen molar-refractivity contribution < 1.29 is 17.4 Å². The Labute approximate surface area is 190 Å². The van der Waals surface area contributed by atoms with Crippen LogP contribution in [0.25, 0.3) is 0 Å². The van der Waals surface area contributed by atoms with E-state index in [0.29, 0.717) is 18.7 Å². The summed E-state index contributed by atoms with van der Waals surface area (Å²) in [5, 5.41) is 0. The third-order valence-corrected chi connectivity index (χ3v) is 6.92. The molecule has 0 aromatic heterocycles. The molecule has 5 nitrogen and oxygen atoms in total. The van der Waals surface area contributed by atoms with E-state index in [-0.39, 0.29) is 17.7 Å². The molecule has 31 heavy (non-hydrogen) atoms. The molecule has 6 heteroatoms. The van der Waals surface area contributed by atoms with Crippen LogP contribution in [0.1, 0.15) is 104 Å². The molecule has 0 bridgehead atoms. The van der Waals surface area contributed by atoms with Crippen molar-refractivity contribution in [1.82, 2.24) is 4.90 Å². The maximum absolute atomic E-state index is 12.9. The van der Waals surface area contributed by atoms with Crippen LogP contribution in [0.15, 0.2) is 24.3 Å². The molecule has 0 aliphatic carbocycles. The van der Waals surface area contributed by atoms with Crippen LogP contribution in [0, 0.1) is 0 Å². The molecule has 0 aliphatic heterocycles. The average molecular weight is 454 g/mol. The lowest BCUT2D eigenvalue weighted by Gasteiger charge is -2.29. The second-order valence-corrected chi connectivity index (χ2v) is 10.3. The summed E-state index contributed by atoms with van der Waals surface area (Å²) in [6.07, 6.45) is 12.5. The Kier molecular flexibility index (Phi) is 13.5. The fraction of sp³-hybridized carbons (Fsp3) is 0.720. The molecule has 0 aliphatic rings. The zero-order valence-corrected chi connectivity index (χ0v) is 20.9. The first-order valence-electron chi connectivity index (χ1n) is 12.1. The highest BCUT2D eigenvalue weighted by Gasteiger charge is 2.19. The van der Waals surface area contributed by atoms with Crippen molar-refractivity contribution in [3.63, 3.8) is 0 Å². The smallest absolute Gasteiger partial charge is 0.308 e. The van der Waals surface area contributed by atoms with Crippen LogP contribution >= 0.6 is 0 Å². The molecule has 178 valence electrons. The number of hydrogen-bond donors (Lipinski definition) is 0. The summed E-state index contributed by atoms with van der Waals surface area (Å²) in [6.45, 7) is 8.40. The fourth-order valence-electron chi connectivity index (χ4n) is 3.54. The first-order valence-corrected chi connectivity index (χ1v) is 13.7. The van der Waals surface area contributed by atoms with Gasteiger partial charge in [0.1, 0.15) is 5.75 Å². The Hall–Kier alpha value is -1.56. The van der Waals surface area contributed by atoms with Crippen molar-refractivity contribution in [3.8, 4) is 5.75 Å². The minimum absolute atomic E-state index is 0.0759. The van der Waals surface area contributed by atoms with Crippen LogP contribution in [0.3, 0.4) is 0 Å². The summed E-state index contributed by atoms with van der Waals surface area (Å²) in [4.78, 5) is 14.8. The van der Waals surface area contributed by atoms with Crippen molar-refractivity contribution in [2.45, 2.75) is 111 Å². The fourth-order valence-corrected chi connectivity index (χ4v) is 4.05. The molecule has 1 aromatic carbocycles. The van der Waals surface area contributed by atoms with E-state index < -0.39 is 10.1 Å². The number of rotatable bonds is 17. The van der Waals surface area contributed by atoms with Crippen LogP contribution in [0.5, 0.6) is 5.75 Å². The normalized spacial score (nSPS) is 12.5. The van der Waals surface area contributed by atoms with Crippen molar-refractivity contribution in [3.05, 3.63) is 29.8 Å². The lowest BCUT2D eigenvalue weighted by Crippen LogP contribution is -2.37. The van der Waals surface area contributed by atoms with Crippen LogP contribution in [0.2, 0.25) is 0 Å². The first-order chi connectivity index (χ1) is 14.8. The molecule has 1 amide bonds. The van der Waals surface area contributed by atoms with Crippen LogP contribution < -0.4 is 4.18 Å². The molecule has 0 fully saturated rings. The van der Waals surface area contributed by atoms with Gasteiger partial charge >= 0.3 is 10.1 Å². The number of unbranched alkanes of at least 4 members (excludes halogenated alkanes) is 8. The minimum Gasteiger partial charge on any atom is -0.382 e. The van der Waals surface area contributed by atoms with E-state index in [1.807, 2.05) is 11.0 Å². The number of carbonyl (C=O) groups is 1. The quantitative estimate of drug-likeness (QED) is 0.200. The maximum Gasteiger partial charge on any atom is 0.308 e. The number of benzene rings is 1. The Balaban J connectivity index is 2.55. The SMILES string of the molecule is CCCCCCCCCCCC(=O)N(Cc1cccc(OS(=O)(=O)CC)c1)[C@@H](C)CC. The Morgan fingerprint density at radius 2 is 1.58 bits per heavy atom. The predicted molar refractivity (Wildman–Crippen MR) is 129 cm³/mol. The summed E-state index contributed by atoms with van der Waals surface area (Å²) in [5.74, 6) is 0.396. The lowest BCUT2D eigenvalue weighted by atomic mass is 10.1. The molecular weight excluding hydrogens is 410 g/mol. The summed E-state index contributed by atoms with van der Waals surface area (Å²) < 4.78 is 28.6. The minimum atomic E-state index is -3.56. The van der Waals surface area contributed by atoms with Gasteiger partial charge in [-0.2, -0.15) is 8.42 Å². The third-order valence-electron chi connectivity index (χ3n) is 5.77. The van der Waals surface area contributed by atoms with Crippen molar-refractivity contribution in [1.29, 1.82) is 0 Å². The second-order valence-electron chi connectivity index (χ2n) is 8.43. The molecule has 0 heterocycles. The van der Waals surface area contributed by atoms with Crippen LogP contribution in [-0.4, -0.2) is 31.0 Å². The third kappa shape index (κ3) is 11.6. The van der Waals surface area contributed by atoms with E-state index in [4.69, 9.17) is 4.18 Å². The molecular formula is C25H43NO4S. The van der Waals surface area contributed by atoms with Gasteiger partial charge in [0.15, 0.2) is 0 Å². The molecule has 0 N–H and O–H groups in total. The Morgan fingerprint density at radius 1 is 0.968 bits per heavy atom. The molecule has 0 spiro atoms. The standard InChI is InChI=1S/C25H43NO4S/c1-5-8-9-10-11-12-13-14-15-19-25(27)26(22(4)6-2)21-23-17-16-18-24(20-23)30-31(28,29)7-3/h16-18,20,22H,5-15,19,21H2,1-4H3/t22-/m0/s1. The van der Waals surface area contributed by atoms with Gasteiger partial charge in [-0.25, -0.2) is 0 Å². The van der Waals surface area contributed by atoms with E-state index in [9.17, 15) is 13.2 Å². The highest BCUT2D eigenvalue weighted by Crippen LogP contribution is 2.20. The number of carbonyl (C=O) groups excluding carboxylic acids is 1. The summed E-state index contributed by atoms with van der Waals surface area (Å²) in [5.41, 5.74) is 0.879. The average Bonchev–Trinajstić information content (AvgIpc) is 2.75.